The van der Waals surface area contributed by atoms with Crippen molar-refractivity contribution in [2.24, 2.45) is 0 Å². The fourth-order valence-electron chi connectivity index (χ4n) is 1.32. The average Bonchev–Trinajstić information content (AvgIpc) is 2.33. The van der Waals surface area contributed by atoms with Gasteiger partial charge in [0.05, 0.1) is 4.92 Å². The summed E-state index contributed by atoms with van der Waals surface area (Å²) < 4.78 is 14.4. The molecule has 0 aromatic heterocycles. The highest BCUT2D eigenvalue weighted by atomic mass is 127. The van der Waals surface area contributed by atoms with Gasteiger partial charge in [0, 0.05) is 25.5 Å². The molecule has 18 heavy (non-hydrogen) atoms. The van der Waals surface area contributed by atoms with Crippen molar-refractivity contribution in [1.82, 2.24) is 0 Å². The van der Waals surface area contributed by atoms with Crippen LogP contribution in [-0.4, -0.2) is 4.92 Å². The summed E-state index contributed by atoms with van der Waals surface area (Å²) in [6.07, 6.45) is 0. The van der Waals surface area contributed by atoms with Crippen LogP contribution in [0.2, 0.25) is 0 Å². The number of rotatable bonds is 3. The Labute approximate surface area is 121 Å². The SMILES string of the molecule is O=[N+]([O-])c1ccc(Sc2ccc(I)cc2F)cc1. The van der Waals surface area contributed by atoms with Gasteiger partial charge in [-0.05, 0) is 52.9 Å². The molecule has 0 atom stereocenters. The molecule has 0 saturated heterocycles. The first-order valence-corrected chi connectivity index (χ1v) is 6.83. The molecule has 2 aromatic carbocycles. The van der Waals surface area contributed by atoms with E-state index in [1.54, 1.807) is 18.2 Å². The summed E-state index contributed by atoms with van der Waals surface area (Å²) in [4.78, 5) is 11.3. The fraction of sp³-hybridized carbons (Fsp3) is 0. The van der Waals surface area contributed by atoms with E-state index in [2.05, 4.69) is 0 Å². The first-order valence-electron chi connectivity index (χ1n) is 4.93. The molecule has 3 nitrogen and oxygen atoms in total. The van der Waals surface area contributed by atoms with Crippen LogP contribution < -0.4 is 0 Å². The second-order valence-corrected chi connectivity index (χ2v) is 5.79. The van der Waals surface area contributed by atoms with E-state index in [-0.39, 0.29) is 11.5 Å². The zero-order valence-electron chi connectivity index (χ0n) is 8.97. The molecule has 2 aromatic rings. The summed E-state index contributed by atoms with van der Waals surface area (Å²) in [5, 5.41) is 10.5. The summed E-state index contributed by atoms with van der Waals surface area (Å²) in [7, 11) is 0. The van der Waals surface area contributed by atoms with Gasteiger partial charge >= 0.3 is 0 Å². The van der Waals surface area contributed by atoms with Gasteiger partial charge in [0.1, 0.15) is 5.82 Å². The zero-order chi connectivity index (χ0) is 13.1. The van der Waals surface area contributed by atoms with E-state index in [4.69, 9.17) is 0 Å². The summed E-state index contributed by atoms with van der Waals surface area (Å²) in [6.45, 7) is 0. The van der Waals surface area contributed by atoms with E-state index in [9.17, 15) is 14.5 Å². The predicted molar refractivity (Wildman–Crippen MR) is 76.3 cm³/mol. The van der Waals surface area contributed by atoms with Gasteiger partial charge in [0.25, 0.3) is 5.69 Å². The van der Waals surface area contributed by atoms with Gasteiger partial charge in [0.15, 0.2) is 0 Å². The lowest BCUT2D eigenvalue weighted by molar-refractivity contribution is -0.384. The molecule has 0 N–H and O–H groups in total. The van der Waals surface area contributed by atoms with Crippen molar-refractivity contribution in [1.29, 1.82) is 0 Å². The maximum absolute atomic E-state index is 13.6. The minimum Gasteiger partial charge on any atom is -0.258 e. The minimum atomic E-state index is -0.458. The number of non-ortho nitro benzene ring substituents is 1. The van der Waals surface area contributed by atoms with Crippen LogP contribution in [0.15, 0.2) is 52.3 Å². The van der Waals surface area contributed by atoms with E-state index >= 15 is 0 Å². The van der Waals surface area contributed by atoms with E-state index < -0.39 is 4.92 Å². The molecule has 0 heterocycles. The van der Waals surface area contributed by atoms with Gasteiger partial charge in [0.2, 0.25) is 0 Å². The van der Waals surface area contributed by atoms with Gasteiger partial charge in [-0.15, -0.1) is 0 Å². The Hall–Kier alpha value is -1.15. The number of nitro benzene ring substituents is 1. The van der Waals surface area contributed by atoms with Crippen molar-refractivity contribution in [2.75, 3.05) is 0 Å². The lowest BCUT2D eigenvalue weighted by Gasteiger charge is -2.03. The fourth-order valence-corrected chi connectivity index (χ4v) is 2.59. The number of hydrogen-bond acceptors (Lipinski definition) is 3. The predicted octanol–water partition coefficient (Wildman–Crippen LogP) is 4.49. The molecule has 0 unspecified atom stereocenters. The normalized spacial score (nSPS) is 10.3. The molecule has 0 aliphatic rings. The third kappa shape index (κ3) is 3.20. The Morgan fingerprint density at radius 1 is 1.17 bits per heavy atom. The second kappa shape index (κ2) is 5.66. The number of hydrogen-bond donors (Lipinski definition) is 0. The van der Waals surface area contributed by atoms with Crippen LogP contribution in [-0.2, 0) is 0 Å². The molecule has 0 aliphatic heterocycles. The van der Waals surface area contributed by atoms with Gasteiger partial charge in [-0.3, -0.25) is 10.1 Å². The smallest absolute Gasteiger partial charge is 0.258 e. The molecule has 0 aliphatic carbocycles. The molecular formula is C12H7FINO2S. The van der Waals surface area contributed by atoms with Gasteiger partial charge < -0.3 is 0 Å². The Bertz CT molecular complexity index is 589. The van der Waals surface area contributed by atoms with Crippen LogP contribution in [0, 0.1) is 19.5 Å². The lowest BCUT2D eigenvalue weighted by atomic mass is 10.3. The molecule has 0 radical (unpaired) electrons. The Balaban J connectivity index is 2.21. The largest absolute Gasteiger partial charge is 0.269 e. The van der Waals surface area contributed by atoms with Crippen molar-refractivity contribution in [3.05, 3.63) is 62.0 Å². The van der Waals surface area contributed by atoms with Gasteiger partial charge in [-0.2, -0.15) is 0 Å². The molecular weight excluding hydrogens is 368 g/mol. The Morgan fingerprint density at radius 3 is 2.39 bits per heavy atom. The van der Waals surface area contributed by atoms with E-state index in [1.807, 2.05) is 28.7 Å². The van der Waals surface area contributed by atoms with Crippen molar-refractivity contribution in [2.45, 2.75) is 9.79 Å². The minimum absolute atomic E-state index is 0.0300. The maximum Gasteiger partial charge on any atom is 0.269 e. The molecule has 0 spiro atoms. The van der Waals surface area contributed by atoms with Crippen LogP contribution >= 0.6 is 34.4 Å². The molecule has 0 bridgehead atoms. The van der Waals surface area contributed by atoms with Crippen LogP contribution in [0.3, 0.4) is 0 Å². The summed E-state index contributed by atoms with van der Waals surface area (Å²) in [5.41, 5.74) is 0.0300. The highest BCUT2D eigenvalue weighted by molar-refractivity contribution is 14.1. The maximum atomic E-state index is 13.6. The number of halogens is 2. The third-order valence-electron chi connectivity index (χ3n) is 2.17. The molecule has 0 amide bonds. The highest BCUT2D eigenvalue weighted by Gasteiger charge is 2.07. The van der Waals surface area contributed by atoms with Crippen molar-refractivity contribution in [3.63, 3.8) is 0 Å². The molecule has 6 heteroatoms. The average molecular weight is 375 g/mol. The summed E-state index contributed by atoms with van der Waals surface area (Å²) >= 11 is 3.28. The summed E-state index contributed by atoms with van der Waals surface area (Å²) in [6, 6.07) is 11.0. The van der Waals surface area contributed by atoms with Crippen LogP contribution in [0.5, 0.6) is 0 Å². The first-order chi connectivity index (χ1) is 8.56. The van der Waals surface area contributed by atoms with Gasteiger partial charge in [-0.25, -0.2) is 4.39 Å². The summed E-state index contributed by atoms with van der Waals surface area (Å²) in [5.74, 6) is -0.287. The number of benzene rings is 2. The quantitative estimate of drug-likeness (QED) is 0.451. The second-order valence-electron chi connectivity index (χ2n) is 3.43. The van der Waals surface area contributed by atoms with E-state index in [0.29, 0.717) is 4.90 Å². The lowest BCUT2D eigenvalue weighted by Crippen LogP contribution is -1.87. The first kappa shape index (κ1) is 13.3. The van der Waals surface area contributed by atoms with Crippen molar-refractivity contribution in [3.8, 4) is 0 Å². The van der Waals surface area contributed by atoms with Crippen molar-refractivity contribution < 1.29 is 9.31 Å². The third-order valence-corrected chi connectivity index (χ3v) is 3.90. The van der Waals surface area contributed by atoms with Crippen LogP contribution in [0.4, 0.5) is 10.1 Å². The number of nitrogens with zero attached hydrogens (tertiary/aromatic N) is 1. The topological polar surface area (TPSA) is 43.1 Å². The van der Waals surface area contributed by atoms with Crippen LogP contribution in [0.1, 0.15) is 0 Å². The highest BCUT2D eigenvalue weighted by Crippen LogP contribution is 2.31. The van der Waals surface area contributed by atoms with Gasteiger partial charge in [-0.1, -0.05) is 11.8 Å². The van der Waals surface area contributed by atoms with E-state index in [0.717, 1.165) is 8.47 Å². The monoisotopic (exact) mass is 375 g/mol. The van der Waals surface area contributed by atoms with Crippen molar-refractivity contribution >= 4 is 40.0 Å². The molecule has 92 valence electrons. The van der Waals surface area contributed by atoms with Crippen LogP contribution in [0.25, 0.3) is 0 Å². The zero-order valence-corrected chi connectivity index (χ0v) is 11.9. The van der Waals surface area contributed by atoms with E-state index in [1.165, 1.54) is 30.0 Å². The molecule has 0 saturated carbocycles. The standard InChI is InChI=1S/C12H7FINO2S/c13-11-7-8(14)1-6-12(11)18-10-4-2-9(3-5-10)15(16)17/h1-7H. The Morgan fingerprint density at radius 2 is 1.83 bits per heavy atom. The molecule has 0 fully saturated rings. The Kier molecular flexibility index (Phi) is 4.18. The number of nitro groups is 1. The molecule has 2 rings (SSSR count).